The molecule has 0 radical (unpaired) electrons. The van der Waals surface area contributed by atoms with Crippen molar-refractivity contribution >= 4 is 5.97 Å². The molecule has 0 aliphatic heterocycles. The maximum absolute atomic E-state index is 10.8. The molecule has 0 saturated heterocycles. The van der Waals surface area contributed by atoms with E-state index in [2.05, 4.69) is 13.8 Å². The predicted molar refractivity (Wildman–Crippen MR) is 101 cm³/mol. The van der Waals surface area contributed by atoms with Crippen molar-refractivity contribution in [3.05, 3.63) is 0 Å². The van der Waals surface area contributed by atoms with Gasteiger partial charge in [0.2, 0.25) is 0 Å². The summed E-state index contributed by atoms with van der Waals surface area (Å²) in [5.41, 5.74) is 0. The lowest BCUT2D eigenvalue weighted by molar-refractivity contribution is -0.141. The van der Waals surface area contributed by atoms with Gasteiger partial charge in [0.1, 0.15) is 0 Å². The van der Waals surface area contributed by atoms with Crippen molar-refractivity contribution in [2.75, 3.05) is 0 Å². The van der Waals surface area contributed by atoms with E-state index in [-0.39, 0.29) is 5.92 Å². The summed E-state index contributed by atoms with van der Waals surface area (Å²) < 4.78 is 0. The van der Waals surface area contributed by atoms with Crippen LogP contribution in [0.2, 0.25) is 0 Å². The van der Waals surface area contributed by atoms with Crippen molar-refractivity contribution in [3.63, 3.8) is 0 Å². The average Bonchev–Trinajstić information content (AvgIpc) is 2.52. The summed E-state index contributed by atoms with van der Waals surface area (Å²) in [5, 5.41) is 8.86. The molecule has 2 heteroatoms. The molecule has 2 nitrogen and oxygen atoms in total. The highest BCUT2D eigenvalue weighted by molar-refractivity contribution is 5.69. The summed E-state index contributed by atoms with van der Waals surface area (Å²) in [6, 6.07) is 0. The van der Waals surface area contributed by atoms with E-state index < -0.39 is 5.97 Å². The van der Waals surface area contributed by atoms with Gasteiger partial charge in [0.05, 0.1) is 5.92 Å². The Hall–Kier alpha value is -0.530. The third kappa shape index (κ3) is 16.1. The summed E-state index contributed by atoms with van der Waals surface area (Å²) in [4.78, 5) is 10.8. The smallest absolute Gasteiger partial charge is 0.306 e. The molecule has 0 aliphatic carbocycles. The third-order valence-electron chi connectivity index (χ3n) is 5.06. The second-order valence-electron chi connectivity index (χ2n) is 7.60. The van der Waals surface area contributed by atoms with Crippen LogP contribution in [0.4, 0.5) is 0 Å². The molecule has 0 amide bonds. The predicted octanol–water partition coefficient (Wildman–Crippen LogP) is 7.21. The van der Waals surface area contributed by atoms with E-state index in [0.29, 0.717) is 0 Å². The fraction of sp³-hybridized carbons (Fsp3) is 0.952. The molecule has 1 N–H and O–H groups in total. The van der Waals surface area contributed by atoms with Crippen molar-refractivity contribution < 1.29 is 9.90 Å². The summed E-state index contributed by atoms with van der Waals surface area (Å²) in [6.07, 6.45) is 19.9. The fourth-order valence-electron chi connectivity index (χ4n) is 3.20. The van der Waals surface area contributed by atoms with Gasteiger partial charge in [0.25, 0.3) is 0 Å². The monoisotopic (exact) mass is 326 g/mol. The van der Waals surface area contributed by atoms with Crippen molar-refractivity contribution in [2.45, 2.75) is 117 Å². The molecule has 0 aromatic carbocycles. The maximum atomic E-state index is 10.8. The number of carboxylic acid groups (broad SMARTS) is 1. The SMILES string of the molecule is CCCCCCCCCCCCCC(C)CCCC(C)C(=O)O. The first-order valence-electron chi connectivity index (χ1n) is 10.3. The molecule has 0 spiro atoms. The van der Waals surface area contributed by atoms with Crippen LogP contribution in [0, 0.1) is 11.8 Å². The normalized spacial score (nSPS) is 13.9. The lowest BCUT2D eigenvalue weighted by Crippen LogP contribution is -2.09. The van der Waals surface area contributed by atoms with Gasteiger partial charge in [-0.3, -0.25) is 4.79 Å². The lowest BCUT2D eigenvalue weighted by atomic mass is 9.94. The molecule has 0 saturated carbocycles. The van der Waals surface area contributed by atoms with E-state index in [1.807, 2.05) is 6.92 Å². The van der Waals surface area contributed by atoms with Crippen LogP contribution in [0.15, 0.2) is 0 Å². The van der Waals surface area contributed by atoms with Crippen LogP contribution in [0.5, 0.6) is 0 Å². The van der Waals surface area contributed by atoms with E-state index in [1.165, 1.54) is 83.5 Å². The molecule has 0 rings (SSSR count). The van der Waals surface area contributed by atoms with E-state index in [0.717, 1.165) is 18.8 Å². The number of hydrogen-bond donors (Lipinski definition) is 1. The number of rotatable bonds is 17. The highest BCUT2D eigenvalue weighted by Crippen LogP contribution is 2.19. The van der Waals surface area contributed by atoms with Gasteiger partial charge in [0, 0.05) is 0 Å². The molecular weight excluding hydrogens is 284 g/mol. The van der Waals surface area contributed by atoms with Gasteiger partial charge < -0.3 is 5.11 Å². The van der Waals surface area contributed by atoms with E-state index in [1.54, 1.807) is 0 Å². The molecular formula is C21H42O2. The van der Waals surface area contributed by atoms with Gasteiger partial charge in [-0.25, -0.2) is 0 Å². The Morgan fingerprint density at radius 2 is 1.13 bits per heavy atom. The van der Waals surface area contributed by atoms with Crippen LogP contribution in [0.1, 0.15) is 117 Å². The minimum atomic E-state index is -0.650. The Morgan fingerprint density at radius 3 is 1.61 bits per heavy atom. The summed E-state index contributed by atoms with van der Waals surface area (Å²) in [7, 11) is 0. The van der Waals surface area contributed by atoms with Crippen LogP contribution in [0.25, 0.3) is 0 Å². The number of aliphatic carboxylic acids is 1. The Morgan fingerprint density at radius 1 is 0.696 bits per heavy atom. The zero-order valence-corrected chi connectivity index (χ0v) is 16.1. The Balaban J connectivity index is 3.23. The molecule has 138 valence electrons. The summed E-state index contributed by atoms with van der Waals surface area (Å²) in [5.74, 6) is -0.0678. The number of carboxylic acids is 1. The minimum Gasteiger partial charge on any atom is -0.481 e. The van der Waals surface area contributed by atoms with Crippen molar-refractivity contribution in [1.29, 1.82) is 0 Å². The first-order chi connectivity index (χ1) is 11.1. The zero-order valence-electron chi connectivity index (χ0n) is 16.1. The van der Waals surface area contributed by atoms with Crippen LogP contribution in [0.3, 0.4) is 0 Å². The summed E-state index contributed by atoms with van der Waals surface area (Å²) in [6.45, 7) is 6.41. The fourth-order valence-corrected chi connectivity index (χ4v) is 3.20. The number of hydrogen-bond acceptors (Lipinski definition) is 1. The van der Waals surface area contributed by atoms with Gasteiger partial charge in [0.15, 0.2) is 0 Å². The van der Waals surface area contributed by atoms with Crippen LogP contribution in [-0.4, -0.2) is 11.1 Å². The van der Waals surface area contributed by atoms with Gasteiger partial charge >= 0.3 is 5.97 Å². The molecule has 2 atom stereocenters. The number of carbonyl (C=O) groups is 1. The molecule has 0 aliphatic rings. The molecule has 23 heavy (non-hydrogen) atoms. The lowest BCUT2D eigenvalue weighted by Gasteiger charge is -2.12. The largest absolute Gasteiger partial charge is 0.481 e. The Labute approximate surface area is 145 Å². The summed E-state index contributed by atoms with van der Waals surface area (Å²) >= 11 is 0. The topological polar surface area (TPSA) is 37.3 Å². The van der Waals surface area contributed by atoms with Crippen LogP contribution < -0.4 is 0 Å². The number of unbranched alkanes of at least 4 members (excludes halogenated alkanes) is 10. The molecule has 0 aromatic rings. The second kappa shape index (κ2) is 16.3. The van der Waals surface area contributed by atoms with Crippen LogP contribution >= 0.6 is 0 Å². The highest BCUT2D eigenvalue weighted by atomic mass is 16.4. The Bertz CT molecular complexity index is 263. The quantitative estimate of drug-likeness (QED) is 0.287. The van der Waals surface area contributed by atoms with Crippen LogP contribution in [-0.2, 0) is 4.79 Å². The van der Waals surface area contributed by atoms with E-state index in [9.17, 15) is 4.79 Å². The molecule has 0 bridgehead atoms. The van der Waals surface area contributed by atoms with Gasteiger partial charge in [-0.05, 0) is 12.3 Å². The van der Waals surface area contributed by atoms with Crippen molar-refractivity contribution in [2.24, 2.45) is 11.8 Å². The molecule has 2 unspecified atom stereocenters. The van der Waals surface area contributed by atoms with Gasteiger partial charge in [-0.15, -0.1) is 0 Å². The highest BCUT2D eigenvalue weighted by Gasteiger charge is 2.11. The van der Waals surface area contributed by atoms with E-state index in [4.69, 9.17) is 5.11 Å². The van der Waals surface area contributed by atoms with Gasteiger partial charge in [-0.2, -0.15) is 0 Å². The standard InChI is InChI=1S/C21H42O2/c1-4-5-6-7-8-9-10-11-12-13-14-16-19(2)17-15-18-20(3)21(22)23/h19-20H,4-18H2,1-3H3,(H,22,23). The maximum Gasteiger partial charge on any atom is 0.306 e. The first kappa shape index (κ1) is 22.5. The molecule has 0 aromatic heterocycles. The molecule has 0 fully saturated rings. The Kier molecular flexibility index (Phi) is 16.0. The van der Waals surface area contributed by atoms with Gasteiger partial charge in [-0.1, -0.05) is 111 Å². The van der Waals surface area contributed by atoms with Crippen molar-refractivity contribution in [1.82, 2.24) is 0 Å². The first-order valence-corrected chi connectivity index (χ1v) is 10.3. The zero-order chi connectivity index (χ0) is 17.3. The third-order valence-corrected chi connectivity index (χ3v) is 5.06. The van der Waals surface area contributed by atoms with E-state index >= 15 is 0 Å². The van der Waals surface area contributed by atoms with Crippen molar-refractivity contribution in [3.8, 4) is 0 Å². The second-order valence-corrected chi connectivity index (χ2v) is 7.60. The average molecular weight is 327 g/mol. The molecule has 0 heterocycles. The minimum absolute atomic E-state index is 0.177.